The molecule has 2 N–H and O–H groups in total. The number of guanidine groups is 1. The Morgan fingerprint density at radius 2 is 1.96 bits per heavy atom. The summed E-state index contributed by atoms with van der Waals surface area (Å²) >= 11 is 0. The molecule has 1 aromatic heterocycles. The van der Waals surface area contributed by atoms with Crippen molar-refractivity contribution in [1.29, 1.82) is 0 Å². The third-order valence-corrected chi connectivity index (χ3v) is 3.45. The molecule has 1 aromatic carbocycles. The minimum absolute atomic E-state index is 0. The van der Waals surface area contributed by atoms with E-state index in [1.54, 1.807) is 7.05 Å². The quantitative estimate of drug-likeness (QED) is 0.295. The second kappa shape index (κ2) is 10.8. The van der Waals surface area contributed by atoms with E-state index in [0.717, 1.165) is 36.3 Å². The van der Waals surface area contributed by atoms with Gasteiger partial charge < -0.3 is 19.9 Å². The van der Waals surface area contributed by atoms with Gasteiger partial charge in [-0.25, -0.2) is 0 Å². The van der Waals surface area contributed by atoms with Crippen LogP contribution in [0.15, 0.2) is 35.3 Å². The van der Waals surface area contributed by atoms with Gasteiger partial charge in [-0.05, 0) is 25.5 Å². The van der Waals surface area contributed by atoms with Gasteiger partial charge in [0.05, 0.1) is 13.2 Å². The van der Waals surface area contributed by atoms with Gasteiger partial charge in [-0.1, -0.05) is 18.2 Å². The second-order valence-electron chi connectivity index (χ2n) is 5.09. The third kappa shape index (κ3) is 6.34. The average Bonchev–Trinajstić information content (AvgIpc) is 2.90. The largest absolute Gasteiger partial charge is 0.494 e. The van der Waals surface area contributed by atoms with Gasteiger partial charge in [0, 0.05) is 20.6 Å². The van der Waals surface area contributed by atoms with Crippen molar-refractivity contribution in [1.82, 2.24) is 25.4 Å². The van der Waals surface area contributed by atoms with Crippen LogP contribution in [0.2, 0.25) is 0 Å². The van der Waals surface area contributed by atoms with Gasteiger partial charge >= 0.3 is 0 Å². The van der Waals surface area contributed by atoms with Gasteiger partial charge in [0.1, 0.15) is 11.6 Å². The molecular formula is C16H25IN6O. The first kappa shape index (κ1) is 20.2. The van der Waals surface area contributed by atoms with Crippen molar-refractivity contribution >= 4 is 29.9 Å². The summed E-state index contributed by atoms with van der Waals surface area (Å²) < 4.78 is 7.60. The highest BCUT2D eigenvalue weighted by Gasteiger charge is 2.05. The van der Waals surface area contributed by atoms with Crippen molar-refractivity contribution in [3.63, 3.8) is 0 Å². The van der Waals surface area contributed by atoms with Gasteiger partial charge in [0.15, 0.2) is 11.8 Å². The lowest BCUT2D eigenvalue weighted by molar-refractivity contribution is 0.311. The molecule has 0 spiro atoms. The van der Waals surface area contributed by atoms with E-state index < -0.39 is 0 Å². The zero-order valence-electron chi connectivity index (χ0n) is 14.3. The number of aromatic nitrogens is 3. The van der Waals surface area contributed by atoms with Gasteiger partial charge in [-0.2, -0.15) is 0 Å². The Morgan fingerprint density at radius 1 is 1.21 bits per heavy atom. The summed E-state index contributed by atoms with van der Waals surface area (Å²) in [5.41, 5.74) is 0. The number of hydrogen-bond acceptors (Lipinski definition) is 4. The Bertz CT molecular complexity index is 629. The fraction of sp³-hybridized carbons (Fsp3) is 0.438. The van der Waals surface area contributed by atoms with Crippen LogP contribution < -0.4 is 15.4 Å². The van der Waals surface area contributed by atoms with Crippen LogP contribution in [-0.4, -0.2) is 40.9 Å². The van der Waals surface area contributed by atoms with E-state index in [9.17, 15) is 0 Å². The minimum Gasteiger partial charge on any atom is -0.494 e. The van der Waals surface area contributed by atoms with Gasteiger partial charge in [-0.3, -0.25) is 4.99 Å². The van der Waals surface area contributed by atoms with Crippen molar-refractivity contribution in [3.05, 3.63) is 42.0 Å². The van der Waals surface area contributed by atoms with Crippen LogP contribution in [0.5, 0.6) is 5.75 Å². The smallest absolute Gasteiger partial charge is 0.191 e. The number of halogens is 1. The maximum atomic E-state index is 5.65. The molecule has 2 aromatic rings. The van der Waals surface area contributed by atoms with Crippen LogP contribution in [0.1, 0.15) is 18.1 Å². The lowest BCUT2D eigenvalue weighted by atomic mass is 10.3. The van der Waals surface area contributed by atoms with Crippen LogP contribution in [0.3, 0.4) is 0 Å². The number of rotatable bonds is 7. The fourth-order valence-corrected chi connectivity index (χ4v) is 1.97. The topological polar surface area (TPSA) is 76.4 Å². The minimum atomic E-state index is 0. The number of nitrogens with one attached hydrogen (secondary N) is 2. The highest BCUT2D eigenvalue weighted by molar-refractivity contribution is 14.0. The van der Waals surface area contributed by atoms with Gasteiger partial charge in [-0.15, -0.1) is 34.2 Å². The molecule has 0 fully saturated rings. The lowest BCUT2D eigenvalue weighted by Crippen LogP contribution is -2.38. The Morgan fingerprint density at radius 3 is 2.58 bits per heavy atom. The van der Waals surface area contributed by atoms with Crippen LogP contribution in [0.25, 0.3) is 0 Å². The summed E-state index contributed by atoms with van der Waals surface area (Å²) in [6.07, 6.45) is 0.888. The van der Waals surface area contributed by atoms with E-state index in [1.807, 2.05) is 48.9 Å². The summed E-state index contributed by atoms with van der Waals surface area (Å²) in [6.45, 7) is 3.95. The molecule has 0 bridgehead atoms. The Labute approximate surface area is 159 Å². The van der Waals surface area contributed by atoms with E-state index in [0.29, 0.717) is 13.2 Å². The first-order chi connectivity index (χ1) is 11.2. The number of nitrogens with zero attached hydrogens (tertiary/aromatic N) is 4. The maximum absolute atomic E-state index is 5.65. The standard InChI is InChI=1S/C16H24N6O.HI/c1-13-20-21-15(22(13)3)12-19-16(17-2)18-10-7-11-23-14-8-5-4-6-9-14;/h4-6,8-9H,7,10-12H2,1-3H3,(H2,17,18,19);1H. The van der Waals surface area contributed by atoms with Crippen molar-refractivity contribution in [2.45, 2.75) is 19.9 Å². The van der Waals surface area contributed by atoms with E-state index in [2.05, 4.69) is 25.8 Å². The molecule has 8 heteroatoms. The summed E-state index contributed by atoms with van der Waals surface area (Å²) in [5.74, 6) is 3.40. The van der Waals surface area contributed by atoms with E-state index in [-0.39, 0.29) is 24.0 Å². The molecule has 1 heterocycles. The highest BCUT2D eigenvalue weighted by Crippen LogP contribution is 2.07. The number of benzene rings is 1. The van der Waals surface area contributed by atoms with Crippen molar-refractivity contribution in [3.8, 4) is 5.75 Å². The molecule has 2 rings (SSSR count). The second-order valence-corrected chi connectivity index (χ2v) is 5.09. The maximum Gasteiger partial charge on any atom is 0.191 e. The summed E-state index contributed by atoms with van der Waals surface area (Å²) in [7, 11) is 3.70. The van der Waals surface area contributed by atoms with Gasteiger partial charge in [0.2, 0.25) is 0 Å². The monoisotopic (exact) mass is 444 g/mol. The van der Waals surface area contributed by atoms with Crippen molar-refractivity contribution in [2.24, 2.45) is 12.0 Å². The first-order valence-corrected chi connectivity index (χ1v) is 7.68. The molecule has 0 radical (unpaired) electrons. The molecule has 0 aliphatic rings. The fourth-order valence-electron chi connectivity index (χ4n) is 1.97. The average molecular weight is 444 g/mol. The summed E-state index contributed by atoms with van der Waals surface area (Å²) in [6, 6.07) is 9.82. The van der Waals surface area contributed by atoms with E-state index in [1.165, 1.54) is 0 Å². The number of aliphatic imine (C=N–C) groups is 1. The molecule has 0 atom stereocenters. The molecule has 0 aliphatic heterocycles. The zero-order valence-corrected chi connectivity index (χ0v) is 16.7. The third-order valence-electron chi connectivity index (χ3n) is 3.45. The Balaban J connectivity index is 0.00000288. The lowest BCUT2D eigenvalue weighted by Gasteiger charge is -2.12. The molecular weight excluding hydrogens is 419 g/mol. The van der Waals surface area contributed by atoms with Crippen LogP contribution in [0, 0.1) is 6.92 Å². The highest BCUT2D eigenvalue weighted by atomic mass is 127. The van der Waals surface area contributed by atoms with Crippen LogP contribution in [0.4, 0.5) is 0 Å². The number of ether oxygens (including phenoxy) is 1. The molecule has 0 amide bonds. The van der Waals surface area contributed by atoms with Crippen molar-refractivity contribution < 1.29 is 4.74 Å². The predicted molar refractivity (Wildman–Crippen MR) is 106 cm³/mol. The van der Waals surface area contributed by atoms with Crippen LogP contribution in [-0.2, 0) is 13.6 Å². The summed E-state index contributed by atoms with van der Waals surface area (Å²) in [5, 5.41) is 14.6. The molecule has 24 heavy (non-hydrogen) atoms. The first-order valence-electron chi connectivity index (χ1n) is 7.68. The molecule has 7 nitrogen and oxygen atoms in total. The number of para-hydroxylation sites is 1. The molecule has 132 valence electrons. The van der Waals surface area contributed by atoms with Crippen LogP contribution >= 0.6 is 24.0 Å². The molecule has 0 aliphatic carbocycles. The van der Waals surface area contributed by atoms with Gasteiger partial charge in [0.25, 0.3) is 0 Å². The molecule has 0 unspecified atom stereocenters. The summed E-state index contributed by atoms with van der Waals surface area (Å²) in [4.78, 5) is 4.19. The SMILES string of the molecule is CN=C(NCCCOc1ccccc1)NCc1nnc(C)n1C.I. The van der Waals surface area contributed by atoms with E-state index in [4.69, 9.17) is 4.74 Å². The Hall–Kier alpha value is -1.84. The zero-order chi connectivity index (χ0) is 16.5. The normalized spacial score (nSPS) is 10.9. The Kier molecular flexibility index (Phi) is 9.13. The molecule has 0 saturated carbocycles. The molecule has 0 saturated heterocycles. The van der Waals surface area contributed by atoms with Crippen molar-refractivity contribution in [2.75, 3.05) is 20.2 Å². The van der Waals surface area contributed by atoms with E-state index >= 15 is 0 Å². The predicted octanol–water partition coefficient (Wildman–Crippen LogP) is 1.88. The number of aryl methyl sites for hydroxylation is 1. The number of hydrogen-bond donors (Lipinski definition) is 2.